The summed E-state index contributed by atoms with van der Waals surface area (Å²) in [6.07, 6.45) is 0. The Morgan fingerprint density at radius 3 is 2.35 bits per heavy atom. The van der Waals surface area contributed by atoms with Crippen LogP contribution in [0.15, 0.2) is 48.5 Å². The molecule has 7 heteroatoms. The molecule has 118 valence electrons. The zero-order valence-electron chi connectivity index (χ0n) is 12.4. The Morgan fingerprint density at radius 2 is 1.65 bits per heavy atom. The van der Waals surface area contributed by atoms with Gasteiger partial charge < -0.3 is 16.4 Å². The van der Waals surface area contributed by atoms with Gasteiger partial charge in [0, 0.05) is 23.7 Å². The van der Waals surface area contributed by atoms with Crippen molar-refractivity contribution in [2.75, 3.05) is 16.4 Å². The molecule has 2 aromatic carbocycles. The van der Waals surface area contributed by atoms with Gasteiger partial charge in [-0.25, -0.2) is 4.98 Å². The minimum absolute atomic E-state index is 0. The van der Waals surface area contributed by atoms with Gasteiger partial charge in [0.05, 0.1) is 5.52 Å². The minimum Gasteiger partial charge on any atom is -0.383 e. The third-order valence-electron chi connectivity index (χ3n) is 3.09. The van der Waals surface area contributed by atoms with Crippen molar-refractivity contribution >= 4 is 52.4 Å². The number of anilines is 4. The number of nitrogens with one attached hydrogen (secondary N) is 2. The van der Waals surface area contributed by atoms with Crippen LogP contribution < -0.4 is 16.4 Å². The summed E-state index contributed by atoms with van der Waals surface area (Å²) in [5.74, 6) is 0.762. The Balaban J connectivity index is 0.00000192. The maximum absolute atomic E-state index is 11.0. The molecule has 0 atom stereocenters. The number of nitrogens with zero attached hydrogens (tertiary/aromatic N) is 2. The second kappa shape index (κ2) is 6.93. The van der Waals surface area contributed by atoms with Crippen molar-refractivity contribution in [2.24, 2.45) is 0 Å². The Morgan fingerprint density at radius 1 is 1.00 bits per heavy atom. The smallest absolute Gasteiger partial charge is 0.229 e. The van der Waals surface area contributed by atoms with Crippen LogP contribution in [0.3, 0.4) is 0 Å². The number of benzene rings is 2. The predicted octanol–water partition coefficient (Wildman–Crippen LogP) is 3.34. The van der Waals surface area contributed by atoms with Gasteiger partial charge in [-0.1, -0.05) is 12.1 Å². The first-order valence-electron chi connectivity index (χ1n) is 6.79. The maximum Gasteiger partial charge on any atom is 0.229 e. The lowest BCUT2D eigenvalue weighted by Gasteiger charge is -2.08. The number of nitrogen functional groups attached to an aromatic ring is 1. The molecule has 3 rings (SSSR count). The van der Waals surface area contributed by atoms with E-state index in [1.807, 2.05) is 36.4 Å². The van der Waals surface area contributed by atoms with Gasteiger partial charge >= 0.3 is 0 Å². The van der Waals surface area contributed by atoms with E-state index in [1.165, 1.54) is 6.92 Å². The number of carbonyl (C=O) groups excluding carboxylic acids is 1. The first kappa shape index (κ1) is 16.5. The van der Waals surface area contributed by atoms with E-state index in [4.69, 9.17) is 5.73 Å². The SMILES string of the molecule is CC(=O)Nc1ccc(Nc2nc(N)c3ccccc3n2)cc1.Cl. The molecular weight excluding hydrogens is 314 g/mol. The normalized spacial score (nSPS) is 9.96. The van der Waals surface area contributed by atoms with Crippen LogP contribution in [0.5, 0.6) is 0 Å². The van der Waals surface area contributed by atoms with Gasteiger partial charge in [0.15, 0.2) is 0 Å². The highest BCUT2D eigenvalue weighted by Crippen LogP contribution is 2.22. The molecule has 0 saturated carbocycles. The van der Waals surface area contributed by atoms with E-state index in [1.54, 1.807) is 12.1 Å². The third-order valence-corrected chi connectivity index (χ3v) is 3.09. The van der Waals surface area contributed by atoms with Gasteiger partial charge in [-0.2, -0.15) is 4.98 Å². The van der Waals surface area contributed by atoms with Crippen LogP contribution >= 0.6 is 12.4 Å². The molecule has 0 radical (unpaired) electrons. The summed E-state index contributed by atoms with van der Waals surface area (Å²) in [6.45, 7) is 1.47. The molecule has 0 spiro atoms. The number of rotatable bonds is 3. The molecule has 0 aliphatic rings. The highest BCUT2D eigenvalue weighted by molar-refractivity contribution is 5.90. The van der Waals surface area contributed by atoms with Crippen molar-refractivity contribution < 1.29 is 4.79 Å². The maximum atomic E-state index is 11.0. The number of hydrogen-bond donors (Lipinski definition) is 3. The first-order valence-corrected chi connectivity index (χ1v) is 6.79. The molecule has 6 nitrogen and oxygen atoms in total. The summed E-state index contributed by atoms with van der Waals surface area (Å²) in [5.41, 5.74) is 8.28. The van der Waals surface area contributed by atoms with Gasteiger partial charge in [-0.05, 0) is 36.4 Å². The number of carbonyl (C=O) groups is 1. The van der Waals surface area contributed by atoms with Gasteiger partial charge in [0.2, 0.25) is 11.9 Å². The molecule has 0 aliphatic heterocycles. The van der Waals surface area contributed by atoms with E-state index >= 15 is 0 Å². The topological polar surface area (TPSA) is 92.9 Å². The first-order chi connectivity index (χ1) is 10.6. The Hall–Kier alpha value is -2.86. The largest absolute Gasteiger partial charge is 0.383 e. The van der Waals surface area contributed by atoms with E-state index in [0.29, 0.717) is 11.8 Å². The fourth-order valence-electron chi connectivity index (χ4n) is 2.13. The van der Waals surface area contributed by atoms with Crippen molar-refractivity contribution in [2.45, 2.75) is 6.92 Å². The second-order valence-electron chi connectivity index (χ2n) is 4.83. The number of para-hydroxylation sites is 1. The van der Waals surface area contributed by atoms with Crippen LogP contribution in [-0.4, -0.2) is 15.9 Å². The average molecular weight is 330 g/mol. The lowest BCUT2D eigenvalue weighted by atomic mass is 10.2. The number of amides is 1. The second-order valence-corrected chi connectivity index (χ2v) is 4.83. The Kier molecular flexibility index (Phi) is 4.98. The van der Waals surface area contributed by atoms with Crippen LogP contribution in [0.4, 0.5) is 23.1 Å². The lowest BCUT2D eigenvalue weighted by molar-refractivity contribution is -0.114. The number of nitrogens with two attached hydrogens (primary N) is 1. The number of aromatic nitrogens is 2. The van der Waals surface area contributed by atoms with Gasteiger partial charge in [-0.3, -0.25) is 4.79 Å². The zero-order chi connectivity index (χ0) is 15.5. The fraction of sp³-hybridized carbons (Fsp3) is 0.0625. The molecule has 1 heterocycles. The quantitative estimate of drug-likeness (QED) is 0.685. The van der Waals surface area contributed by atoms with Crippen molar-refractivity contribution in [1.82, 2.24) is 9.97 Å². The van der Waals surface area contributed by atoms with Crippen LogP contribution in [0.1, 0.15) is 6.92 Å². The molecule has 0 saturated heterocycles. The monoisotopic (exact) mass is 329 g/mol. The minimum atomic E-state index is -0.105. The van der Waals surface area contributed by atoms with E-state index < -0.39 is 0 Å². The summed E-state index contributed by atoms with van der Waals surface area (Å²) >= 11 is 0. The zero-order valence-corrected chi connectivity index (χ0v) is 13.2. The van der Waals surface area contributed by atoms with Crippen LogP contribution in [0.2, 0.25) is 0 Å². The summed E-state index contributed by atoms with van der Waals surface area (Å²) in [7, 11) is 0. The summed E-state index contributed by atoms with van der Waals surface area (Å²) in [6, 6.07) is 14.8. The summed E-state index contributed by atoms with van der Waals surface area (Å²) in [4.78, 5) is 19.7. The van der Waals surface area contributed by atoms with E-state index in [9.17, 15) is 4.79 Å². The highest BCUT2D eigenvalue weighted by atomic mass is 35.5. The van der Waals surface area contributed by atoms with E-state index in [2.05, 4.69) is 20.6 Å². The predicted molar refractivity (Wildman–Crippen MR) is 95.2 cm³/mol. The molecule has 0 fully saturated rings. The number of halogens is 1. The molecule has 3 aromatic rings. The summed E-state index contributed by atoms with van der Waals surface area (Å²) < 4.78 is 0. The molecule has 0 unspecified atom stereocenters. The van der Waals surface area contributed by atoms with E-state index in [-0.39, 0.29) is 18.3 Å². The van der Waals surface area contributed by atoms with Gasteiger partial charge in [0.1, 0.15) is 5.82 Å². The third kappa shape index (κ3) is 3.87. The van der Waals surface area contributed by atoms with Crippen LogP contribution in [0.25, 0.3) is 10.9 Å². The van der Waals surface area contributed by atoms with Crippen molar-refractivity contribution in [3.8, 4) is 0 Å². The molecule has 0 aliphatic carbocycles. The summed E-state index contributed by atoms with van der Waals surface area (Å²) in [5, 5.41) is 6.64. The average Bonchev–Trinajstić information content (AvgIpc) is 2.49. The lowest BCUT2D eigenvalue weighted by Crippen LogP contribution is -2.05. The fourth-order valence-corrected chi connectivity index (χ4v) is 2.13. The number of fused-ring (bicyclic) bond motifs is 1. The van der Waals surface area contributed by atoms with E-state index in [0.717, 1.165) is 22.3 Å². The van der Waals surface area contributed by atoms with Crippen LogP contribution in [0, 0.1) is 0 Å². The van der Waals surface area contributed by atoms with Gasteiger partial charge in [-0.15, -0.1) is 12.4 Å². The molecular formula is C16H16ClN5O. The molecule has 1 aromatic heterocycles. The highest BCUT2D eigenvalue weighted by Gasteiger charge is 2.05. The number of hydrogen-bond acceptors (Lipinski definition) is 5. The Labute approximate surface area is 139 Å². The molecule has 4 N–H and O–H groups in total. The van der Waals surface area contributed by atoms with Gasteiger partial charge in [0.25, 0.3) is 0 Å². The molecule has 0 bridgehead atoms. The molecule has 1 amide bonds. The standard InChI is InChI=1S/C16H15N5O.ClH/c1-10(22)18-11-6-8-12(9-7-11)19-16-20-14-5-3-2-4-13(14)15(17)21-16;/h2-9H,1H3,(H,18,22)(H3,17,19,20,21);1H. The van der Waals surface area contributed by atoms with Crippen LogP contribution in [-0.2, 0) is 4.79 Å². The molecule has 23 heavy (non-hydrogen) atoms. The van der Waals surface area contributed by atoms with Crippen molar-refractivity contribution in [1.29, 1.82) is 0 Å². The van der Waals surface area contributed by atoms with Crippen molar-refractivity contribution in [3.63, 3.8) is 0 Å². The Bertz CT molecular complexity index is 835. The van der Waals surface area contributed by atoms with Crippen molar-refractivity contribution in [3.05, 3.63) is 48.5 Å².